The maximum absolute atomic E-state index is 12.4. The molecule has 8 rings (SSSR count). The molecule has 0 saturated carbocycles. The number of aryl methyl sites for hydroxylation is 1. The van der Waals surface area contributed by atoms with Gasteiger partial charge in [0.2, 0.25) is 5.89 Å². The lowest BCUT2D eigenvalue weighted by molar-refractivity contribution is -0.670. The van der Waals surface area contributed by atoms with Crippen LogP contribution in [0.1, 0.15) is 37.0 Å². The molecule has 0 spiro atoms. The largest absolute Gasteiger partial charge is 0.436 e. The lowest BCUT2D eigenvalue weighted by Crippen LogP contribution is -2.35. The van der Waals surface area contributed by atoms with Gasteiger partial charge in [-0.15, -0.1) is 0 Å². The van der Waals surface area contributed by atoms with Crippen LogP contribution >= 0.6 is 0 Å². The van der Waals surface area contributed by atoms with Crippen LogP contribution in [0.5, 0.6) is 0 Å². The van der Waals surface area contributed by atoms with Gasteiger partial charge in [-0.05, 0) is 93.6 Å². The van der Waals surface area contributed by atoms with E-state index in [1.165, 1.54) is 0 Å². The number of aromatic nitrogens is 3. The molecular weight excluding hydrogens is 606 g/mol. The first-order valence-electron chi connectivity index (χ1n) is 16.7. The number of nitrogens with zero attached hydrogens (tertiary/aromatic N) is 5. The first kappa shape index (κ1) is 30.1. The molecule has 1 aliphatic heterocycles. The molecule has 0 aliphatic carbocycles. The molecule has 0 unspecified atom stereocenters. The second-order valence-electron chi connectivity index (χ2n) is 12.0. The number of benzene rings is 5. The minimum Gasteiger partial charge on any atom is -0.436 e. The normalized spacial score (nSPS) is 13.7. The fourth-order valence-corrected chi connectivity index (χ4v) is 6.85. The van der Waals surface area contributed by atoms with Crippen LogP contribution in [0.25, 0.3) is 45.4 Å². The molecule has 240 valence electrons. The van der Waals surface area contributed by atoms with Gasteiger partial charge in [-0.2, -0.15) is 4.57 Å². The summed E-state index contributed by atoms with van der Waals surface area (Å²) in [5.74, 6) is 2.72. The molecule has 0 bridgehead atoms. The fraction of sp³-hybridized carbons (Fsp3) is 0.119. The highest BCUT2D eigenvalue weighted by atomic mass is 16.3. The Hall–Kier alpha value is -6.21. The van der Waals surface area contributed by atoms with Gasteiger partial charge in [0.05, 0.1) is 17.9 Å². The molecule has 5 aromatic carbocycles. The minimum absolute atomic E-state index is 0.0551. The van der Waals surface area contributed by atoms with Crippen LogP contribution < -0.4 is 14.4 Å². The van der Waals surface area contributed by atoms with Gasteiger partial charge < -0.3 is 9.32 Å². The van der Waals surface area contributed by atoms with Crippen molar-refractivity contribution in [3.8, 4) is 17.1 Å². The van der Waals surface area contributed by atoms with E-state index in [1.54, 1.807) is 6.92 Å². The Labute approximate surface area is 285 Å². The Morgan fingerprint density at radius 3 is 2.27 bits per heavy atom. The van der Waals surface area contributed by atoms with E-state index in [0.29, 0.717) is 11.5 Å². The van der Waals surface area contributed by atoms with Gasteiger partial charge in [-0.25, -0.2) is 9.55 Å². The number of imidazole rings is 1. The van der Waals surface area contributed by atoms with E-state index >= 15 is 0 Å². The van der Waals surface area contributed by atoms with Crippen molar-refractivity contribution in [3.63, 3.8) is 0 Å². The highest BCUT2D eigenvalue weighted by Gasteiger charge is 2.32. The molecule has 2 aromatic heterocycles. The van der Waals surface area contributed by atoms with Crippen LogP contribution in [0.15, 0.2) is 144 Å². The maximum Gasteiger partial charge on any atom is 0.287 e. The van der Waals surface area contributed by atoms with E-state index in [2.05, 4.69) is 124 Å². The summed E-state index contributed by atoms with van der Waals surface area (Å²) in [5.41, 5.74) is 9.63. The van der Waals surface area contributed by atoms with Crippen LogP contribution in [0.3, 0.4) is 0 Å². The number of allylic oxidation sites excluding steroid dienone is 2. The monoisotopic (exact) mass is 642 g/mol. The van der Waals surface area contributed by atoms with Crippen molar-refractivity contribution in [3.05, 3.63) is 151 Å². The number of Topliss-reactive ketones (excluding diaryl/α,β-unsaturated/α-hetero) is 1. The van der Waals surface area contributed by atoms with Crippen molar-refractivity contribution in [2.24, 2.45) is 0 Å². The summed E-state index contributed by atoms with van der Waals surface area (Å²) in [6, 6.07) is 41.1. The average Bonchev–Trinajstić information content (AvgIpc) is 3.81. The number of hydrogen-bond acceptors (Lipinski definition) is 5. The summed E-state index contributed by atoms with van der Waals surface area (Å²) in [4.78, 5) is 21.7. The molecule has 0 radical (unpaired) electrons. The standard InChI is InChI=1S/C42H36N5O2/c1-4-44-37-27-30(29(3)48)23-25-35(37)46(32-15-8-6-9-16-32)40(44)21-14-22-41-45(5-2)38-28-31(42-43-34-19-12-13-20-39(34)49-42)24-26-36(38)47(41)33-17-10-7-11-18-33/h6-28H,4-5H2,1-3H3/q+1. The van der Waals surface area contributed by atoms with Gasteiger partial charge >= 0.3 is 0 Å². The second kappa shape index (κ2) is 12.4. The fourth-order valence-electron chi connectivity index (χ4n) is 6.85. The first-order valence-corrected chi connectivity index (χ1v) is 16.7. The smallest absolute Gasteiger partial charge is 0.287 e. The zero-order valence-corrected chi connectivity index (χ0v) is 27.7. The molecule has 7 nitrogen and oxygen atoms in total. The van der Waals surface area contributed by atoms with E-state index in [-0.39, 0.29) is 5.78 Å². The summed E-state index contributed by atoms with van der Waals surface area (Å²) in [6.45, 7) is 7.44. The van der Waals surface area contributed by atoms with Gasteiger partial charge in [0.15, 0.2) is 22.4 Å². The maximum atomic E-state index is 12.4. The van der Waals surface area contributed by atoms with Crippen LogP contribution in [0, 0.1) is 0 Å². The molecular formula is C42H36N5O2+. The molecule has 3 heterocycles. The lowest BCUT2D eigenvalue weighted by Gasteiger charge is -2.24. The highest BCUT2D eigenvalue weighted by Crippen LogP contribution is 2.46. The van der Waals surface area contributed by atoms with Crippen molar-refractivity contribution in [1.29, 1.82) is 0 Å². The van der Waals surface area contributed by atoms with Gasteiger partial charge in [-0.1, -0.05) is 54.6 Å². The van der Waals surface area contributed by atoms with Crippen molar-refractivity contribution in [1.82, 2.24) is 9.55 Å². The third-order valence-corrected chi connectivity index (χ3v) is 9.12. The summed E-state index contributed by atoms with van der Waals surface area (Å²) in [5, 5.41) is 0. The average molecular weight is 643 g/mol. The van der Waals surface area contributed by atoms with E-state index in [0.717, 1.165) is 75.2 Å². The second-order valence-corrected chi connectivity index (χ2v) is 12.0. The summed E-state index contributed by atoms with van der Waals surface area (Å²) in [7, 11) is 0. The Balaban J connectivity index is 1.28. The summed E-state index contributed by atoms with van der Waals surface area (Å²) < 4.78 is 10.8. The summed E-state index contributed by atoms with van der Waals surface area (Å²) >= 11 is 0. The highest BCUT2D eigenvalue weighted by molar-refractivity contribution is 5.99. The van der Waals surface area contributed by atoms with Crippen LogP contribution in [-0.4, -0.2) is 21.9 Å². The van der Waals surface area contributed by atoms with Crippen LogP contribution in [-0.2, 0) is 6.54 Å². The van der Waals surface area contributed by atoms with Crippen molar-refractivity contribution in [2.75, 3.05) is 16.3 Å². The van der Waals surface area contributed by atoms with Gasteiger partial charge in [-0.3, -0.25) is 9.69 Å². The Kier molecular flexibility index (Phi) is 7.65. The van der Waals surface area contributed by atoms with Crippen molar-refractivity contribution < 1.29 is 13.8 Å². The van der Waals surface area contributed by atoms with Crippen molar-refractivity contribution in [2.45, 2.75) is 27.3 Å². The van der Waals surface area contributed by atoms with Crippen LogP contribution in [0.4, 0.5) is 17.1 Å². The number of oxazole rings is 1. The Morgan fingerprint density at radius 2 is 1.55 bits per heavy atom. The molecule has 7 heteroatoms. The molecule has 0 fully saturated rings. The SMILES string of the molecule is CCN1/C(=C/C=C/c2n(-c3ccccc3)c3ccc(-c4nc5ccccc5o4)cc3[n+]2CC)N(c2ccccc2)c2ccc(C(C)=O)cc21. The van der Waals surface area contributed by atoms with E-state index < -0.39 is 0 Å². The van der Waals surface area contributed by atoms with E-state index in [4.69, 9.17) is 9.40 Å². The number of carbonyl (C=O) groups is 1. The summed E-state index contributed by atoms with van der Waals surface area (Å²) in [6.07, 6.45) is 6.48. The third-order valence-electron chi connectivity index (χ3n) is 9.12. The Morgan fingerprint density at radius 1 is 0.816 bits per heavy atom. The quantitative estimate of drug-likeness (QED) is 0.122. The lowest BCUT2D eigenvalue weighted by atomic mass is 10.1. The molecule has 0 saturated heterocycles. The van der Waals surface area contributed by atoms with Gasteiger partial charge in [0.1, 0.15) is 17.0 Å². The first-order chi connectivity index (χ1) is 24.1. The molecule has 0 N–H and O–H groups in total. The van der Waals surface area contributed by atoms with Gasteiger partial charge in [0, 0.05) is 35.5 Å². The molecule has 1 aliphatic rings. The molecule has 7 aromatic rings. The van der Waals surface area contributed by atoms with Crippen molar-refractivity contribution >= 4 is 51.1 Å². The number of carbonyl (C=O) groups excluding carboxylic acids is 1. The van der Waals surface area contributed by atoms with E-state index in [1.807, 2.05) is 48.5 Å². The minimum atomic E-state index is 0.0551. The topological polar surface area (TPSA) is 58.4 Å². The van der Waals surface area contributed by atoms with E-state index in [9.17, 15) is 4.79 Å². The van der Waals surface area contributed by atoms with Gasteiger partial charge in [0.25, 0.3) is 5.82 Å². The molecule has 49 heavy (non-hydrogen) atoms. The predicted octanol–water partition coefficient (Wildman–Crippen LogP) is 9.48. The molecule has 0 atom stereocenters. The number of fused-ring (bicyclic) bond motifs is 3. The number of para-hydroxylation sites is 4. The molecule has 0 amide bonds. The number of anilines is 3. The number of rotatable bonds is 8. The number of hydrogen-bond donors (Lipinski definition) is 0. The zero-order chi connectivity index (χ0) is 33.5. The Bertz CT molecular complexity index is 2370. The number of ketones is 1. The zero-order valence-electron chi connectivity index (χ0n) is 27.7. The third kappa shape index (κ3) is 5.20. The predicted molar refractivity (Wildman–Crippen MR) is 197 cm³/mol. The van der Waals surface area contributed by atoms with Crippen LogP contribution in [0.2, 0.25) is 0 Å².